The van der Waals surface area contributed by atoms with Gasteiger partial charge in [0, 0.05) is 34.2 Å². The van der Waals surface area contributed by atoms with Crippen LogP contribution in [0.15, 0.2) is 0 Å². The molecule has 0 amide bonds. The van der Waals surface area contributed by atoms with Crippen molar-refractivity contribution in [2.75, 3.05) is 47.6 Å². The fourth-order valence-electron chi connectivity index (χ4n) is 3.13. The second-order valence-corrected chi connectivity index (χ2v) is 10.1. The quantitative estimate of drug-likeness (QED) is 0.574. The SMILES string of the molecule is CO[Si](C[N+]1(C)CCC(C(C)(C)C)CC1)(OC)OC. The van der Waals surface area contributed by atoms with E-state index in [2.05, 4.69) is 27.8 Å². The molecule has 1 rings (SSSR count). The molecule has 1 fully saturated rings. The van der Waals surface area contributed by atoms with Crippen LogP contribution in [0, 0.1) is 11.3 Å². The highest BCUT2D eigenvalue weighted by atomic mass is 28.4. The molecule has 0 N–H and O–H groups in total. The Bertz CT molecular complexity index is 271. The third-order valence-electron chi connectivity index (χ3n) is 4.77. The van der Waals surface area contributed by atoms with Gasteiger partial charge in [0.1, 0.15) is 6.17 Å². The van der Waals surface area contributed by atoms with Crippen molar-refractivity contribution in [3.8, 4) is 0 Å². The number of quaternary nitrogens is 1. The van der Waals surface area contributed by atoms with Crippen LogP contribution in [0.4, 0.5) is 0 Å². The van der Waals surface area contributed by atoms with E-state index in [0.717, 1.165) is 16.6 Å². The molecule has 1 aliphatic rings. The molecule has 4 nitrogen and oxygen atoms in total. The third-order valence-corrected chi connectivity index (χ3v) is 7.78. The van der Waals surface area contributed by atoms with Gasteiger partial charge in [0.2, 0.25) is 0 Å². The largest absolute Gasteiger partial charge is 0.558 e. The molecule has 1 saturated heterocycles. The number of hydrogen-bond donors (Lipinski definition) is 0. The number of nitrogens with zero attached hydrogens (tertiary/aromatic N) is 1. The number of likely N-dealkylation sites (tertiary alicyclic amines) is 1. The zero-order chi connectivity index (χ0) is 14.7. The maximum absolute atomic E-state index is 5.58. The first-order valence-corrected chi connectivity index (χ1v) is 9.12. The molecule has 0 spiro atoms. The van der Waals surface area contributed by atoms with Crippen molar-refractivity contribution in [3.05, 3.63) is 0 Å². The molecular formula is C14H32NO3Si+. The lowest BCUT2D eigenvalue weighted by atomic mass is 9.75. The van der Waals surface area contributed by atoms with Gasteiger partial charge in [0.25, 0.3) is 0 Å². The Hall–Kier alpha value is 0.0569. The summed E-state index contributed by atoms with van der Waals surface area (Å²) in [6.45, 7) is 9.43. The van der Waals surface area contributed by atoms with E-state index in [1.165, 1.54) is 25.9 Å². The molecule has 0 atom stereocenters. The standard InChI is InChI=1S/C14H32NO3Si/c1-14(2,3)13-8-10-15(4,11-9-13)12-19(16-5,17-6)18-7/h13H,8-12H2,1-7H3/q+1. The first kappa shape index (κ1) is 17.1. The summed E-state index contributed by atoms with van der Waals surface area (Å²) < 4.78 is 17.7. The summed E-state index contributed by atoms with van der Waals surface area (Å²) in [4.78, 5) is 0. The highest BCUT2D eigenvalue weighted by Crippen LogP contribution is 2.36. The Balaban J connectivity index is 2.65. The van der Waals surface area contributed by atoms with Crippen LogP contribution in [0.3, 0.4) is 0 Å². The molecule has 0 aliphatic carbocycles. The van der Waals surface area contributed by atoms with Crippen molar-refractivity contribution < 1.29 is 17.8 Å². The molecule has 0 aromatic rings. The van der Waals surface area contributed by atoms with Crippen LogP contribution in [0.1, 0.15) is 33.6 Å². The summed E-state index contributed by atoms with van der Waals surface area (Å²) >= 11 is 0. The van der Waals surface area contributed by atoms with Gasteiger partial charge < -0.3 is 17.8 Å². The number of rotatable bonds is 5. The van der Waals surface area contributed by atoms with Gasteiger partial charge in [-0.25, -0.2) is 0 Å². The Morgan fingerprint density at radius 1 is 1.00 bits per heavy atom. The summed E-state index contributed by atoms with van der Waals surface area (Å²) in [5, 5.41) is 0. The molecule has 0 aromatic heterocycles. The predicted octanol–water partition coefficient (Wildman–Crippen LogP) is 2.31. The molecule has 114 valence electrons. The van der Waals surface area contributed by atoms with E-state index in [-0.39, 0.29) is 0 Å². The minimum Gasteiger partial charge on any atom is -0.374 e. The third kappa shape index (κ3) is 4.26. The van der Waals surface area contributed by atoms with E-state index in [1.807, 2.05) is 0 Å². The molecule has 0 aromatic carbocycles. The normalized spacial score (nSPS) is 29.5. The van der Waals surface area contributed by atoms with Crippen LogP contribution in [0.2, 0.25) is 0 Å². The van der Waals surface area contributed by atoms with E-state index < -0.39 is 8.80 Å². The van der Waals surface area contributed by atoms with Crippen LogP contribution in [-0.2, 0) is 13.3 Å². The fraction of sp³-hybridized carbons (Fsp3) is 1.00. The average Bonchev–Trinajstić information content (AvgIpc) is 2.35. The molecule has 0 bridgehead atoms. The first-order chi connectivity index (χ1) is 8.70. The Labute approximate surface area is 120 Å². The second kappa shape index (κ2) is 6.22. The fourth-order valence-corrected chi connectivity index (χ4v) is 5.27. The minimum atomic E-state index is -2.47. The Kier molecular flexibility index (Phi) is 5.60. The lowest BCUT2D eigenvalue weighted by molar-refractivity contribution is -0.908. The van der Waals surface area contributed by atoms with Crippen molar-refractivity contribution in [1.82, 2.24) is 0 Å². The second-order valence-electron chi connectivity index (χ2n) is 7.16. The Morgan fingerprint density at radius 2 is 1.42 bits per heavy atom. The Morgan fingerprint density at radius 3 is 1.74 bits per heavy atom. The van der Waals surface area contributed by atoms with Gasteiger partial charge in [0.15, 0.2) is 0 Å². The van der Waals surface area contributed by atoms with Crippen molar-refractivity contribution in [3.63, 3.8) is 0 Å². The molecular weight excluding hydrogens is 258 g/mol. The van der Waals surface area contributed by atoms with Gasteiger partial charge in [-0.1, -0.05) is 20.8 Å². The summed E-state index contributed by atoms with van der Waals surface area (Å²) in [7, 11) is 4.94. The van der Waals surface area contributed by atoms with Crippen LogP contribution >= 0.6 is 0 Å². The van der Waals surface area contributed by atoms with E-state index in [1.54, 1.807) is 21.3 Å². The van der Waals surface area contributed by atoms with Crippen LogP contribution in [0.5, 0.6) is 0 Å². The molecule has 0 radical (unpaired) electrons. The summed E-state index contributed by atoms with van der Waals surface area (Å²) in [5.41, 5.74) is 0.420. The molecule has 1 heterocycles. The topological polar surface area (TPSA) is 27.7 Å². The highest BCUT2D eigenvalue weighted by Gasteiger charge is 2.48. The highest BCUT2D eigenvalue weighted by molar-refractivity contribution is 6.60. The van der Waals surface area contributed by atoms with Gasteiger partial charge in [-0.2, -0.15) is 0 Å². The van der Waals surface area contributed by atoms with Gasteiger partial charge in [-0.15, -0.1) is 0 Å². The van der Waals surface area contributed by atoms with Crippen molar-refractivity contribution in [1.29, 1.82) is 0 Å². The maximum atomic E-state index is 5.58. The number of piperidine rings is 1. The summed E-state index contributed by atoms with van der Waals surface area (Å²) in [5.74, 6) is 0.822. The van der Waals surface area contributed by atoms with Crippen molar-refractivity contribution >= 4 is 8.80 Å². The zero-order valence-electron chi connectivity index (χ0n) is 13.8. The van der Waals surface area contributed by atoms with E-state index >= 15 is 0 Å². The molecule has 5 heteroatoms. The molecule has 1 aliphatic heterocycles. The monoisotopic (exact) mass is 290 g/mol. The molecule has 0 unspecified atom stereocenters. The van der Waals surface area contributed by atoms with Crippen LogP contribution < -0.4 is 0 Å². The van der Waals surface area contributed by atoms with Crippen molar-refractivity contribution in [2.24, 2.45) is 11.3 Å². The predicted molar refractivity (Wildman–Crippen MR) is 79.7 cm³/mol. The van der Waals surface area contributed by atoms with Gasteiger partial charge in [-0.05, 0) is 11.3 Å². The van der Waals surface area contributed by atoms with Crippen LogP contribution in [-0.4, -0.2) is 60.9 Å². The number of hydrogen-bond acceptors (Lipinski definition) is 3. The molecule has 0 saturated carbocycles. The van der Waals surface area contributed by atoms with Gasteiger partial charge >= 0.3 is 8.80 Å². The van der Waals surface area contributed by atoms with E-state index in [0.29, 0.717) is 5.41 Å². The van der Waals surface area contributed by atoms with Crippen LogP contribution in [0.25, 0.3) is 0 Å². The smallest absolute Gasteiger partial charge is 0.374 e. The minimum absolute atomic E-state index is 0.420. The summed E-state index contributed by atoms with van der Waals surface area (Å²) in [6.07, 6.45) is 3.43. The average molecular weight is 290 g/mol. The lowest BCUT2D eigenvalue weighted by Crippen LogP contribution is -2.63. The maximum Gasteiger partial charge on any atom is 0.558 e. The van der Waals surface area contributed by atoms with Gasteiger partial charge in [-0.3, -0.25) is 0 Å². The summed E-state index contributed by atoms with van der Waals surface area (Å²) in [6, 6.07) is 0. The lowest BCUT2D eigenvalue weighted by Gasteiger charge is -2.46. The van der Waals surface area contributed by atoms with E-state index in [4.69, 9.17) is 13.3 Å². The van der Waals surface area contributed by atoms with Crippen molar-refractivity contribution in [2.45, 2.75) is 33.6 Å². The first-order valence-electron chi connectivity index (χ1n) is 7.19. The van der Waals surface area contributed by atoms with Gasteiger partial charge in [0.05, 0.1) is 20.1 Å². The van der Waals surface area contributed by atoms with E-state index in [9.17, 15) is 0 Å². The molecule has 19 heavy (non-hydrogen) atoms. The zero-order valence-corrected chi connectivity index (χ0v) is 14.8.